The zero-order chi connectivity index (χ0) is 12.1. The molecule has 0 fully saturated rings. The van der Waals surface area contributed by atoms with E-state index in [0.29, 0.717) is 6.73 Å². The van der Waals surface area contributed by atoms with Crippen LogP contribution in [-0.2, 0) is 11.3 Å². The van der Waals surface area contributed by atoms with Crippen molar-refractivity contribution in [3.63, 3.8) is 0 Å². The number of ether oxygens (including phenoxy) is 2. The molecule has 0 aliphatic heterocycles. The average Bonchev–Trinajstić information content (AvgIpc) is 2.23. The first-order chi connectivity index (χ1) is 7.58. The van der Waals surface area contributed by atoms with Gasteiger partial charge in [0.25, 0.3) is 0 Å². The highest BCUT2D eigenvalue weighted by atomic mass is 35.5. The highest BCUT2D eigenvalue weighted by Gasteiger charge is 2.09. The van der Waals surface area contributed by atoms with Crippen molar-refractivity contribution in [1.82, 2.24) is 4.90 Å². The molecule has 0 saturated carbocycles. The number of hydrogen-bond donors (Lipinski definition) is 0. The van der Waals surface area contributed by atoms with Gasteiger partial charge in [-0.15, -0.1) is 0 Å². The van der Waals surface area contributed by atoms with Gasteiger partial charge in [0.1, 0.15) is 5.75 Å². The SMILES string of the molecule is COCN(C)Cc1cc(Cl)c(C)cc1OC. The van der Waals surface area contributed by atoms with Gasteiger partial charge >= 0.3 is 0 Å². The maximum absolute atomic E-state index is 6.10. The monoisotopic (exact) mass is 243 g/mol. The van der Waals surface area contributed by atoms with Crippen molar-refractivity contribution >= 4 is 11.6 Å². The van der Waals surface area contributed by atoms with Gasteiger partial charge in [0, 0.05) is 24.2 Å². The summed E-state index contributed by atoms with van der Waals surface area (Å²) in [6.07, 6.45) is 0. The molecule has 0 unspecified atom stereocenters. The third kappa shape index (κ3) is 3.37. The zero-order valence-electron chi connectivity index (χ0n) is 10.2. The second-order valence-electron chi connectivity index (χ2n) is 3.85. The van der Waals surface area contributed by atoms with Gasteiger partial charge in [0.05, 0.1) is 13.8 Å². The number of halogens is 1. The lowest BCUT2D eigenvalue weighted by molar-refractivity contribution is 0.0766. The largest absolute Gasteiger partial charge is 0.496 e. The molecule has 4 heteroatoms. The fraction of sp³-hybridized carbons (Fsp3) is 0.500. The molecule has 3 nitrogen and oxygen atoms in total. The van der Waals surface area contributed by atoms with E-state index < -0.39 is 0 Å². The Labute approximate surface area is 102 Å². The number of hydrogen-bond acceptors (Lipinski definition) is 3. The standard InChI is InChI=1S/C12H18ClNO2/c1-9-5-12(16-4)10(6-11(9)13)7-14(2)8-15-3/h5-6H,7-8H2,1-4H3. The summed E-state index contributed by atoms with van der Waals surface area (Å²) in [7, 11) is 5.33. The van der Waals surface area contributed by atoms with Crippen LogP contribution >= 0.6 is 11.6 Å². The van der Waals surface area contributed by atoms with Gasteiger partial charge in [-0.05, 0) is 31.7 Å². The highest BCUT2D eigenvalue weighted by Crippen LogP contribution is 2.27. The molecule has 0 aliphatic carbocycles. The second-order valence-corrected chi connectivity index (χ2v) is 4.25. The van der Waals surface area contributed by atoms with Gasteiger partial charge in [0.15, 0.2) is 0 Å². The van der Waals surface area contributed by atoms with E-state index in [1.807, 2.05) is 31.0 Å². The highest BCUT2D eigenvalue weighted by molar-refractivity contribution is 6.31. The Kier molecular flexibility index (Phi) is 5.06. The molecule has 0 spiro atoms. The van der Waals surface area contributed by atoms with Gasteiger partial charge < -0.3 is 9.47 Å². The normalized spacial score (nSPS) is 10.9. The van der Waals surface area contributed by atoms with Gasteiger partial charge in [-0.3, -0.25) is 4.90 Å². The maximum atomic E-state index is 6.10. The molecule has 1 aromatic carbocycles. The van der Waals surface area contributed by atoms with E-state index in [4.69, 9.17) is 21.1 Å². The molecule has 1 rings (SSSR count). The molecule has 16 heavy (non-hydrogen) atoms. The topological polar surface area (TPSA) is 21.7 Å². The molecule has 0 saturated heterocycles. The lowest BCUT2D eigenvalue weighted by Crippen LogP contribution is -2.20. The van der Waals surface area contributed by atoms with Crippen molar-refractivity contribution in [3.8, 4) is 5.75 Å². The Balaban J connectivity index is 2.89. The Morgan fingerprint density at radius 3 is 2.56 bits per heavy atom. The van der Waals surface area contributed by atoms with Gasteiger partial charge in [-0.2, -0.15) is 0 Å². The summed E-state index contributed by atoms with van der Waals surface area (Å²) >= 11 is 6.10. The molecule has 0 atom stereocenters. The summed E-state index contributed by atoms with van der Waals surface area (Å²) in [5.41, 5.74) is 2.09. The third-order valence-corrected chi connectivity index (χ3v) is 2.76. The van der Waals surface area contributed by atoms with Crippen LogP contribution in [0.25, 0.3) is 0 Å². The Hall–Kier alpha value is -0.770. The van der Waals surface area contributed by atoms with Crippen molar-refractivity contribution < 1.29 is 9.47 Å². The average molecular weight is 244 g/mol. The molecule has 1 aromatic rings. The van der Waals surface area contributed by atoms with E-state index in [0.717, 1.165) is 28.4 Å². The van der Waals surface area contributed by atoms with Crippen molar-refractivity contribution in [2.75, 3.05) is 28.0 Å². The van der Waals surface area contributed by atoms with Crippen LogP contribution in [-0.4, -0.2) is 32.9 Å². The number of benzene rings is 1. The molecule has 0 aliphatic rings. The minimum absolute atomic E-state index is 0.578. The van der Waals surface area contributed by atoms with Crippen LogP contribution in [0.1, 0.15) is 11.1 Å². The first-order valence-corrected chi connectivity index (χ1v) is 5.46. The van der Waals surface area contributed by atoms with Crippen LogP contribution in [0.5, 0.6) is 5.75 Å². The molecule has 0 radical (unpaired) electrons. The van der Waals surface area contributed by atoms with Gasteiger partial charge in [-0.1, -0.05) is 11.6 Å². The molecule has 90 valence electrons. The lowest BCUT2D eigenvalue weighted by Gasteiger charge is -2.18. The minimum atomic E-state index is 0.578. The summed E-state index contributed by atoms with van der Waals surface area (Å²) in [4.78, 5) is 2.05. The molecule has 0 bridgehead atoms. The summed E-state index contributed by atoms with van der Waals surface area (Å²) in [6.45, 7) is 3.29. The van der Waals surface area contributed by atoms with E-state index in [1.54, 1.807) is 14.2 Å². The van der Waals surface area contributed by atoms with Crippen molar-refractivity contribution in [2.24, 2.45) is 0 Å². The number of rotatable bonds is 5. The number of nitrogens with zero attached hydrogens (tertiary/aromatic N) is 1. The molecule has 0 N–H and O–H groups in total. The summed E-state index contributed by atoms with van der Waals surface area (Å²) in [5.74, 6) is 0.866. The first kappa shape index (κ1) is 13.3. The van der Waals surface area contributed by atoms with Crippen LogP contribution < -0.4 is 4.74 Å². The van der Waals surface area contributed by atoms with Crippen LogP contribution in [0.3, 0.4) is 0 Å². The van der Waals surface area contributed by atoms with Gasteiger partial charge in [0.2, 0.25) is 0 Å². The molecule has 0 heterocycles. The fourth-order valence-corrected chi connectivity index (χ4v) is 1.75. The van der Waals surface area contributed by atoms with Gasteiger partial charge in [-0.25, -0.2) is 0 Å². The Morgan fingerprint density at radius 2 is 2.00 bits per heavy atom. The van der Waals surface area contributed by atoms with Crippen molar-refractivity contribution in [1.29, 1.82) is 0 Å². The quantitative estimate of drug-likeness (QED) is 0.743. The summed E-state index contributed by atoms with van der Waals surface area (Å²) in [5, 5.41) is 0.765. The van der Waals surface area contributed by atoms with Crippen LogP contribution in [0.4, 0.5) is 0 Å². The van der Waals surface area contributed by atoms with Crippen LogP contribution in [0, 0.1) is 6.92 Å². The molecule has 0 aromatic heterocycles. The van der Waals surface area contributed by atoms with E-state index in [2.05, 4.69) is 0 Å². The van der Waals surface area contributed by atoms with Crippen molar-refractivity contribution in [2.45, 2.75) is 13.5 Å². The molecule has 0 amide bonds. The smallest absolute Gasteiger partial charge is 0.123 e. The van der Waals surface area contributed by atoms with E-state index >= 15 is 0 Å². The predicted molar refractivity (Wildman–Crippen MR) is 66.1 cm³/mol. The lowest BCUT2D eigenvalue weighted by atomic mass is 10.1. The summed E-state index contributed by atoms with van der Waals surface area (Å²) < 4.78 is 10.4. The molecular formula is C12H18ClNO2. The van der Waals surface area contributed by atoms with Crippen LogP contribution in [0.15, 0.2) is 12.1 Å². The van der Waals surface area contributed by atoms with Crippen molar-refractivity contribution in [3.05, 3.63) is 28.3 Å². The molecular weight excluding hydrogens is 226 g/mol. The van der Waals surface area contributed by atoms with E-state index in [-0.39, 0.29) is 0 Å². The number of aryl methyl sites for hydroxylation is 1. The first-order valence-electron chi connectivity index (χ1n) is 5.09. The maximum Gasteiger partial charge on any atom is 0.123 e. The fourth-order valence-electron chi connectivity index (χ4n) is 1.57. The van der Waals surface area contributed by atoms with E-state index in [1.165, 1.54) is 0 Å². The third-order valence-electron chi connectivity index (χ3n) is 2.35. The summed E-state index contributed by atoms with van der Waals surface area (Å²) in [6, 6.07) is 3.90. The van der Waals surface area contributed by atoms with Crippen LogP contribution in [0.2, 0.25) is 5.02 Å². The Bertz CT molecular complexity index is 355. The van der Waals surface area contributed by atoms with E-state index in [9.17, 15) is 0 Å². The minimum Gasteiger partial charge on any atom is -0.496 e. The second kappa shape index (κ2) is 6.09. The number of methoxy groups -OCH3 is 2. The Morgan fingerprint density at radius 1 is 1.31 bits per heavy atom. The predicted octanol–water partition coefficient (Wildman–Crippen LogP) is 2.69. The zero-order valence-corrected chi connectivity index (χ0v) is 11.0.